The van der Waals surface area contributed by atoms with Crippen LogP contribution in [0.2, 0.25) is 0 Å². The van der Waals surface area contributed by atoms with Gasteiger partial charge in [0.25, 0.3) is 0 Å². The fourth-order valence-electron chi connectivity index (χ4n) is 2.35. The van der Waals surface area contributed by atoms with Crippen molar-refractivity contribution < 1.29 is 9.59 Å². The Kier molecular flexibility index (Phi) is 7.87. The van der Waals surface area contributed by atoms with Gasteiger partial charge < -0.3 is 21.3 Å². The van der Waals surface area contributed by atoms with Crippen LogP contribution in [0.5, 0.6) is 0 Å². The molecule has 0 spiro atoms. The second-order valence-corrected chi connectivity index (χ2v) is 6.23. The maximum Gasteiger partial charge on any atom is 0.241 e. The molecule has 1 heterocycles. The summed E-state index contributed by atoms with van der Waals surface area (Å²) >= 11 is 0. The van der Waals surface area contributed by atoms with E-state index >= 15 is 0 Å². The van der Waals surface area contributed by atoms with Crippen molar-refractivity contribution in [1.29, 1.82) is 0 Å². The molecule has 8 heteroatoms. The predicted octanol–water partition coefficient (Wildman–Crippen LogP) is 0.265. The Balaban J connectivity index is 2.57. The molecule has 0 unspecified atom stereocenters. The van der Waals surface area contributed by atoms with Crippen LogP contribution in [0.15, 0.2) is 12.4 Å². The van der Waals surface area contributed by atoms with Crippen LogP contribution in [0.3, 0.4) is 0 Å². The van der Waals surface area contributed by atoms with Crippen molar-refractivity contribution in [2.75, 3.05) is 39.0 Å². The molecule has 8 nitrogen and oxygen atoms in total. The molecule has 1 aromatic rings. The standard InChI is InChI=1S/C16H30N6O2/c1-5-16(6-2,12-17)15(24)20-13-9-19-22(10-13)11-14(23)18-7-8-21(3)4/h9-10H,5-8,11-12,17H2,1-4H3,(H,18,23)(H,20,24). The molecule has 2 amide bonds. The van der Waals surface area contributed by atoms with Crippen LogP contribution in [-0.4, -0.2) is 60.2 Å². The highest BCUT2D eigenvalue weighted by Crippen LogP contribution is 2.26. The number of hydrogen-bond donors (Lipinski definition) is 3. The smallest absolute Gasteiger partial charge is 0.241 e. The van der Waals surface area contributed by atoms with Crippen LogP contribution >= 0.6 is 0 Å². The minimum Gasteiger partial charge on any atom is -0.353 e. The van der Waals surface area contributed by atoms with E-state index in [9.17, 15) is 9.59 Å². The SMILES string of the molecule is CCC(CC)(CN)C(=O)Nc1cnn(CC(=O)NCCN(C)C)c1. The second-order valence-electron chi connectivity index (χ2n) is 6.23. The molecule has 0 saturated heterocycles. The minimum absolute atomic E-state index is 0.106. The number of rotatable bonds is 10. The zero-order valence-electron chi connectivity index (χ0n) is 15.1. The average molecular weight is 338 g/mol. The summed E-state index contributed by atoms with van der Waals surface area (Å²) in [4.78, 5) is 26.3. The number of nitrogens with two attached hydrogens (primary N) is 1. The number of carbonyl (C=O) groups excluding carboxylic acids is 2. The highest BCUT2D eigenvalue weighted by molar-refractivity contribution is 5.95. The number of anilines is 1. The number of nitrogens with one attached hydrogen (secondary N) is 2. The van der Waals surface area contributed by atoms with Crippen LogP contribution in [0, 0.1) is 5.41 Å². The Bertz CT molecular complexity index is 528. The minimum atomic E-state index is -0.564. The van der Waals surface area contributed by atoms with E-state index in [-0.39, 0.29) is 18.4 Å². The number of hydrogen-bond acceptors (Lipinski definition) is 5. The fraction of sp³-hybridized carbons (Fsp3) is 0.688. The average Bonchev–Trinajstić information content (AvgIpc) is 2.96. The zero-order valence-corrected chi connectivity index (χ0v) is 15.1. The predicted molar refractivity (Wildman–Crippen MR) is 94.5 cm³/mol. The number of likely N-dealkylation sites (N-methyl/N-ethyl adjacent to an activating group) is 1. The molecule has 0 saturated carbocycles. The van der Waals surface area contributed by atoms with Crippen molar-refractivity contribution >= 4 is 17.5 Å². The highest BCUT2D eigenvalue weighted by Gasteiger charge is 2.33. The van der Waals surface area contributed by atoms with E-state index in [4.69, 9.17) is 5.73 Å². The lowest BCUT2D eigenvalue weighted by Gasteiger charge is -2.28. The van der Waals surface area contributed by atoms with Gasteiger partial charge in [0.15, 0.2) is 0 Å². The van der Waals surface area contributed by atoms with Crippen LogP contribution in [0.25, 0.3) is 0 Å². The van der Waals surface area contributed by atoms with Crippen molar-refractivity contribution in [1.82, 2.24) is 20.0 Å². The van der Waals surface area contributed by atoms with E-state index in [1.807, 2.05) is 32.8 Å². The monoisotopic (exact) mass is 338 g/mol. The second kappa shape index (κ2) is 9.39. The first kappa shape index (κ1) is 20.1. The summed E-state index contributed by atoms with van der Waals surface area (Å²) in [6.07, 6.45) is 4.54. The molecule has 0 atom stereocenters. The Hall–Kier alpha value is -1.93. The molecule has 0 aliphatic carbocycles. The molecule has 0 aliphatic rings. The summed E-state index contributed by atoms with van der Waals surface area (Å²) in [6, 6.07) is 0. The van der Waals surface area contributed by atoms with Crippen LogP contribution in [0.4, 0.5) is 5.69 Å². The third kappa shape index (κ3) is 5.61. The maximum atomic E-state index is 12.5. The molecular formula is C16H30N6O2. The van der Waals surface area contributed by atoms with E-state index in [1.165, 1.54) is 10.9 Å². The Morgan fingerprint density at radius 3 is 2.54 bits per heavy atom. The van der Waals surface area contributed by atoms with Gasteiger partial charge in [0.1, 0.15) is 6.54 Å². The molecule has 136 valence electrons. The third-order valence-electron chi connectivity index (χ3n) is 4.30. The summed E-state index contributed by atoms with van der Waals surface area (Å²) in [5.74, 6) is -0.221. The molecule has 4 N–H and O–H groups in total. The lowest BCUT2D eigenvalue weighted by Crippen LogP contribution is -2.41. The van der Waals surface area contributed by atoms with Gasteiger partial charge in [-0.3, -0.25) is 14.3 Å². The van der Waals surface area contributed by atoms with Gasteiger partial charge in [-0.15, -0.1) is 0 Å². The van der Waals surface area contributed by atoms with Gasteiger partial charge >= 0.3 is 0 Å². The number of nitrogens with zero attached hydrogens (tertiary/aromatic N) is 3. The summed E-state index contributed by atoms with van der Waals surface area (Å²) in [7, 11) is 3.89. The van der Waals surface area contributed by atoms with Crippen molar-refractivity contribution in [3.63, 3.8) is 0 Å². The van der Waals surface area contributed by atoms with Crippen molar-refractivity contribution in [2.45, 2.75) is 33.2 Å². The normalized spacial score (nSPS) is 11.6. The van der Waals surface area contributed by atoms with Crippen LogP contribution in [0.1, 0.15) is 26.7 Å². The van der Waals surface area contributed by atoms with Gasteiger partial charge in [0, 0.05) is 25.8 Å². The van der Waals surface area contributed by atoms with Crippen molar-refractivity contribution in [3.05, 3.63) is 12.4 Å². The molecule has 0 fully saturated rings. The lowest BCUT2D eigenvalue weighted by atomic mass is 9.81. The van der Waals surface area contributed by atoms with E-state index in [1.54, 1.807) is 6.20 Å². The lowest BCUT2D eigenvalue weighted by molar-refractivity contribution is -0.125. The zero-order chi connectivity index (χ0) is 18.2. The van der Waals surface area contributed by atoms with E-state index in [2.05, 4.69) is 15.7 Å². The summed E-state index contributed by atoms with van der Waals surface area (Å²) in [5.41, 5.74) is 5.79. The van der Waals surface area contributed by atoms with Crippen LogP contribution in [-0.2, 0) is 16.1 Å². The summed E-state index contributed by atoms with van der Waals surface area (Å²) in [6.45, 7) is 5.69. The maximum absolute atomic E-state index is 12.5. The molecule has 0 aromatic carbocycles. The fourth-order valence-corrected chi connectivity index (χ4v) is 2.35. The molecule has 0 aliphatic heterocycles. The molecule has 0 radical (unpaired) electrons. The number of amides is 2. The third-order valence-corrected chi connectivity index (χ3v) is 4.30. The van der Waals surface area contributed by atoms with Crippen molar-refractivity contribution in [2.24, 2.45) is 11.1 Å². The Morgan fingerprint density at radius 2 is 2.00 bits per heavy atom. The molecule has 24 heavy (non-hydrogen) atoms. The van der Waals surface area contributed by atoms with E-state index in [0.717, 1.165) is 6.54 Å². The van der Waals surface area contributed by atoms with Gasteiger partial charge in [-0.25, -0.2) is 0 Å². The Labute approximate surface area is 143 Å². The largest absolute Gasteiger partial charge is 0.353 e. The molecule has 1 rings (SSSR count). The highest BCUT2D eigenvalue weighted by atomic mass is 16.2. The number of carbonyl (C=O) groups is 2. The Morgan fingerprint density at radius 1 is 1.33 bits per heavy atom. The van der Waals surface area contributed by atoms with Crippen molar-refractivity contribution in [3.8, 4) is 0 Å². The van der Waals surface area contributed by atoms with Gasteiger partial charge in [0.05, 0.1) is 17.3 Å². The summed E-state index contributed by atoms with van der Waals surface area (Å²) in [5, 5.41) is 9.78. The van der Waals surface area contributed by atoms with Gasteiger partial charge in [-0.05, 0) is 26.9 Å². The first-order chi connectivity index (χ1) is 11.4. The van der Waals surface area contributed by atoms with Gasteiger partial charge in [-0.1, -0.05) is 13.8 Å². The first-order valence-corrected chi connectivity index (χ1v) is 8.32. The quantitative estimate of drug-likeness (QED) is 0.568. The molecule has 0 bridgehead atoms. The molecular weight excluding hydrogens is 308 g/mol. The number of aromatic nitrogens is 2. The molecule has 1 aromatic heterocycles. The first-order valence-electron chi connectivity index (χ1n) is 8.32. The topological polar surface area (TPSA) is 105 Å². The van der Waals surface area contributed by atoms with Crippen LogP contribution < -0.4 is 16.4 Å². The van der Waals surface area contributed by atoms with Gasteiger partial charge in [0.2, 0.25) is 11.8 Å². The summed E-state index contributed by atoms with van der Waals surface area (Å²) < 4.78 is 1.50. The van der Waals surface area contributed by atoms with Gasteiger partial charge in [-0.2, -0.15) is 5.10 Å². The van der Waals surface area contributed by atoms with E-state index in [0.29, 0.717) is 31.6 Å². The van der Waals surface area contributed by atoms with E-state index < -0.39 is 5.41 Å².